The van der Waals surface area contributed by atoms with Crippen molar-refractivity contribution < 1.29 is 52.5 Å². The summed E-state index contributed by atoms with van der Waals surface area (Å²) in [7, 11) is 0. The van der Waals surface area contributed by atoms with Gasteiger partial charge in [-0.2, -0.15) is 0 Å². The predicted octanol–water partition coefficient (Wildman–Crippen LogP) is 1.69. The molecule has 6 aliphatic rings. The second-order valence-electron chi connectivity index (χ2n) is 16.4. The van der Waals surface area contributed by atoms with Crippen LogP contribution in [-0.2, 0) is 9.53 Å². The normalized spacial score (nSPS) is 42.9. The Labute approximate surface area is 285 Å². The maximum absolute atomic E-state index is 12.6. The molecule has 0 amide bonds. The molecule has 246 valence electrons. The van der Waals surface area contributed by atoms with Gasteiger partial charge in [-0.1, -0.05) is 27.0 Å². The molecule has 6 fully saturated rings. The number of hydrogen-bond donors (Lipinski definition) is 0. The molecule has 6 heteroatoms. The highest BCUT2D eigenvalue weighted by molar-refractivity contribution is 5.66. The molecule has 0 radical (unpaired) electrons. The minimum atomic E-state index is -0.0682. The number of hydrogen-bond acceptors (Lipinski definition) is 2. The highest BCUT2D eigenvalue weighted by atomic mass is 79.9. The number of likely N-dealkylation sites (tertiary alicyclic amines) is 2. The number of piperidine rings is 2. The van der Waals surface area contributed by atoms with Gasteiger partial charge in [0.1, 0.15) is 6.04 Å². The largest absolute Gasteiger partial charge is 1.00 e. The lowest BCUT2D eigenvalue weighted by Gasteiger charge is -2.62. The summed E-state index contributed by atoms with van der Waals surface area (Å²) >= 11 is 0. The first-order chi connectivity index (χ1) is 19.7. The van der Waals surface area contributed by atoms with Crippen molar-refractivity contribution in [2.24, 2.45) is 34.5 Å². The number of rotatable bonds is 7. The number of ether oxygens (including phenoxy) is 1. The van der Waals surface area contributed by atoms with Crippen molar-refractivity contribution in [1.29, 1.82) is 0 Å². The zero-order chi connectivity index (χ0) is 28.9. The Morgan fingerprint density at radius 1 is 0.791 bits per heavy atom. The van der Waals surface area contributed by atoms with Gasteiger partial charge in [0.05, 0.1) is 45.3 Å². The molecule has 9 atom stereocenters. The van der Waals surface area contributed by atoms with Gasteiger partial charge in [0, 0.05) is 25.2 Å². The van der Waals surface area contributed by atoms with Gasteiger partial charge in [0.25, 0.3) is 0 Å². The van der Waals surface area contributed by atoms with E-state index in [0.717, 1.165) is 34.8 Å². The van der Waals surface area contributed by atoms with E-state index in [9.17, 15) is 4.79 Å². The van der Waals surface area contributed by atoms with Crippen molar-refractivity contribution in [3.05, 3.63) is 25.3 Å². The van der Waals surface area contributed by atoms with Crippen LogP contribution in [0.4, 0.5) is 0 Å². The monoisotopic (exact) mass is 724 g/mol. The van der Waals surface area contributed by atoms with Crippen molar-refractivity contribution >= 4 is 5.97 Å². The first-order valence-electron chi connectivity index (χ1n) is 17.8. The lowest BCUT2D eigenvalue weighted by Crippen LogP contribution is -3.00. The van der Waals surface area contributed by atoms with E-state index in [4.69, 9.17) is 4.74 Å². The van der Waals surface area contributed by atoms with Crippen LogP contribution in [0.2, 0.25) is 0 Å². The molecule has 0 aromatic heterocycles. The average molecular weight is 727 g/mol. The SMILES string of the molecule is C=CC[N+]1([C@@H]2CCC3CCC4C(CC[C@@]5(C)C4C[C@H]([N+]4(CC=C)CCCCC4)[C@@H]5OC(C)=O)[C@@]3(C)C2)CCCCC1.[Br-].[Br-]. The van der Waals surface area contributed by atoms with E-state index in [1.165, 1.54) is 127 Å². The number of esters is 1. The third-order valence-corrected chi connectivity index (χ3v) is 14.7. The van der Waals surface area contributed by atoms with Gasteiger partial charge in [-0.25, -0.2) is 0 Å². The quantitative estimate of drug-likeness (QED) is 0.227. The van der Waals surface area contributed by atoms with Gasteiger partial charge >= 0.3 is 5.97 Å². The Balaban J connectivity index is 0.00000212. The zero-order valence-corrected chi connectivity index (χ0v) is 30.9. The maximum Gasteiger partial charge on any atom is 0.303 e. The summed E-state index contributed by atoms with van der Waals surface area (Å²) < 4.78 is 8.92. The number of quaternary nitrogens is 2. The van der Waals surface area contributed by atoms with Gasteiger partial charge < -0.3 is 47.7 Å². The average Bonchev–Trinajstić information content (AvgIpc) is 3.26. The number of carbonyl (C=O) groups is 1. The fraction of sp³-hybridized carbons (Fsp3) is 0.865. The van der Waals surface area contributed by atoms with Crippen LogP contribution in [0.5, 0.6) is 0 Å². The van der Waals surface area contributed by atoms with Crippen molar-refractivity contribution in [2.75, 3.05) is 39.3 Å². The van der Waals surface area contributed by atoms with Crippen LogP contribution in [0.15, 0.2) is 25.3 Å². The smallest absolute Gasteiger partial charge is 0.303 e. The molecule has 2 heterocycles. The van der Waals surface area contributed by atoms with E-state index in [-0.39, 0.29) is 51.5 Å². The molecule has 0 aromatic carbocycles. The Morgan fingerprint density at radius 2 is 1.37 bits per heavy atom. The van der Waals surface area contributed by atoms with E-state index < -0.39 is 0 Å². The molecule has 6 rings (SSSR count). The third-order valence-electron chi connectivity index (χ3n) is 14.7. The van der Waals surface area contributed by atoms with Crippen LogP contribution >= 0.6 is 0 Å². The molecule has 0 bridgehead atoms. The van der Waals surface area contributed by atoms with Crippen LogP contribution in [0, 0.1) is 34.5 Å². The van der Waals surface area contributed by atoms with Crippen molar-refractivity contribution in [1.82, 2.24) is 0 Å². The van der Waals surface area contributed by atoms with Crippen LogP contribution in [0.25, 0.3) is 0 Å². The van der Waals surface area contributed by atoms with Crippen molar-refractivity contribution in [3.63, 3.8) is 0 Å². The summed E-state index contributed by atoms with van der Waals surface area (Å²) in [5, 5.41) is 0. The van der Waals surface area contributed by atoms with Gasteiger partial charge in [0.2, 0.25) is 0 Å². The lowest BCUT2D eigenvalue weighted by molar-refractivity contribution is -0.952. The van der Waals surface area contributed by atoms with E-state index in [0.29, 0.717) is 17.4 Å². The van der Waals surface area contributed by atoms with Crippen molar-refractivity contribution in [2.45, 2.75) is 129 Å². The standard InChI is InChI=1S/C37H62N2O2.2BrH/c1-6-20-38(22-10-8-11-23-38)30-16-14-29-15-17-31-32(37(29,5)27-30)18-19-36(4)33(31)26-34(35(36)41-28(3)40)39(21-7-2)24-12-9-13-25-39;;/h6-7,29-35H,1-2,8-27H2,3-5H3;2*1H/q+2;;/p-2/t29?,30-,31?,32?,33?,34+,35+,36+,37+;;/m1../s1. The Hall–Kier alpha value is -0.170. The molecule has 4 saturated carbocycles. The summed E-state index contributed by atoms with van der Waals surface area (Å²) in [5.41, 5.74) is 0.576. The number of halogens is 2. The molecule has 2 saturated heterocycles. The third kappa shape index (κ3) is 6.04. The second-order valence-corrected chi connectivity index (χ2v) is 16.4. The first-order valence-corrected chi connectivity index (χ1v) is 17.8. The summed E-state index contributed by atoms with van der Waals surface area (Å²) in [6, 6.07) is 1.26. The second kappa shape index (κ2) is 13.9. The topological polar surface area (TPSA) is 26.3 Å². The molecule has 0 aromatic rings. The van der Waals surface area contributed by atoms with E-state index in [1.54, 1.807) is 6.92 Å². The molecule has 4 unspecified atom stereocenters. The highest BCUT2D eigenvalue weighted by Gasteiger charge is 2.67. The molecule has 4 aliphatic carbocycles. The Kier molecular flexibility index (Phi) is 11.5. The van der Waals surface area contributed by atoms with E-state index in [2.05, 4.69) is 39.2 Å². The fourth-order valence-corrected chi connectivity index (χ4v) is 12.8. The summed E-state index contributed by atoms with van der Waals surface area (Å²) in [6.45, 7) is 22.8. The summed E-state index contributed by atoms with van der Waals surface area (Å²) in [4.78, 5) is 12.6. The molecule has 0 spiro atoms. The van der Waals surface area contributed by atoms with Crippen molar-refractivity contribution in [3.8, 4) is 0 Å². The lowest BCUT2D eigenvalue weighted by atomic mass is 9.44. The first kappa shape index (κ1) is 35.7. The minimum absolute atomic E-state index is 0. The number of nitrogens with zero attached hydrogens (tertiary/aromatic N) is 2. The van der Waals surface area contributed by atoms with Gasteiger partial charge in [0.15, 0.2) is 6.10 Å². The Bertz CT molecular complexity index is 991. The van der Waals surface area contributed by atoms with Gasteiger partial charge in [-0.15, -0.1) is 0 Å². The molecular formula is C37H62Br2N2O2. The minimum Gasteiger partial charge on any atom is -1.00 e. The fourth-order valence-electron chi connectivity index (χ4n) is 12.8. The van der Waals surface area contributed by atoms with Crippen LogP contribution in [-0.4, -0.2) is 72.4 Å². The molecular weight excluding hydrogens is 664 g/mol. The van der Waals surface area contributed by atoms with Crippen LogP contribution in [0.1, 0.15) is 111 Å². The summed E-state index contributed by atoms with van der Waals surface area (Å²) in [6.07, 6.45) is 23.6. The molecule has 0 N–H and O–H groups in total. The Morgan fingerprint density at radius 3 is 1.98 bits per heavy atom. The number of fused-ring (bicyclic) bond motifs is 5. The summed E-state index contributed by atoms with van der Waals surface area (Å²) in [5.74, 6) is 3.14. The highest BCUT2D eigenvalue weighted by Crippen LogP contribution is 2.68. The molecule has 2 aliphatic heterocycles. The van der Waals surface area contributed by atoms with Gasteiger partial charge in [-0.05, 0) is 118 Å². The zero-order valence-electron chi connectivity index (χ0n) is 27.7. The van der Waals surface area contributed by atoms with Crippen LogP contribution in [0.3, 0.4) is 0 Å². The molecule has 4 nitrogen and oxygen atoms in total. The predicted molar refractivity (Wildman–Crippen MR) is 168 cm³/mol. The van der Waals surface area contributed by atoms with E-state index >= 15 is 0 Å². The molecule has 43 heavy (non-hydrogen) atoms. The van der Waals surface area contributed by atoms with Crippen LogP contribution < -0.4 is 34.0 Å². The number of carbonyl (C=O) groups excluding carboxylic acids is 1. The van der Waals surface area contributed by atoms with Gasteiger partial charge in [-0.3, -0.25) is 4.79 Å². The van der Waals surface area contributed by atoms with E-state index in [1.807, 2.05) is 0 Å². The maximum atomic E-state index is 12.6.